The lowest BCUT2D eigenvalue weighted by atomic mass is 10.1. The van der Waals surface area contributed by atoms with Gasteiger partial charge in [-0.25, -0.2) is 14.6 Å². The minimum Gasteiger partial charge on any atom is -0.456 e. The second-order valence-electron chi connectivity index (χ2n) is 8.15. The van der Waals surface area contributed by atoms with Crippen molar-refractivity contribution < 1.29 is 19.1 Å². The normalized spacial score (nSPS) is 11.2. The van der Waals surface area contributed by atoms with E-state index in [4.69, 9.17) is 9.47 Å². The molecule has 0 aliphatic carbocycles. The van der Waals surface area contributed by atoms with E-state index in [1.54, 1.807) is 57.3 Å². The molecule has 0 aliphatic rings. The topological polar surface area (TPSA) is 99.0 Å². The second-order valence-corrected chi connectivity index (χ2v) is 8.15. The number of nitrogens with one attached hydrogen (secondary N) is 1. The molecule has 31 heavy (non-hydrogen) atoms. The van der Waals surface area contributed by atoms with Crippen LogP contribution in [0.2, 0.25) is 0 Å². The SMILES string of the molecule is Cc1ccn2c(=O)cc(COC(=O)c3ccc(CNC(=O)OC(C)(C)C)cc3)nc2c1. The number of ether oxygens (including phenoxy) is 2. The van der Waals surface area contributed by atoms with Gasteiger partial charge in [0.2, 0.25) is 0 Å². The van der Waals surface area contributed by atoms with Gasteiger partial charge in [0.1, 0.15) is 17.9 Å². The largest absolute Gasteiger partial charge is 0.456 e. The first-order chi connectivity index (χ1) is 14.6. The van der Waals surface area contributed by atoms with Crippen molar-refractivity contribution in [2.75, 3.05) is 0 Å². The number of nitrogens with zero attached hydrogens (tertiary/aromatic N) is 2. The van der Waals surface area contributed by atoms with Crippen molar-refractivity contribution in [3.8, 4) is 0 Å². The number of hydrogen-bond donors (Lipinski definition) is 1. The molecule has 0 spiro atoms. The Bertz CT molecular complexity index is 1160. The molecule has 0 aliphatic heterocycles. The van der Waals surface area contributed by atoms with Crippen LogP contribution in [0.5, 0.6) is 0 Å². The number of fused-ring (bicyclic) bond motifs is 1. The first kappa shape index (κ1) is 22.0. The molecule has 0 saturated heterocycles. The molecule has 8 heteroatoms. The third-order valence-corrected chi connectivity index (χ3v) is 4.25. The average molecular weight is 423 g/mol. The molecule has 3 rings (SSSR count). The van der Waals surface area contributed by atoms with Crippen LogP contribution in [-0.2, 0) is 22.6 Å². The van der Waals surface area contributed by atoms with Crippen LogP contribution in [-0.4, -0.2) is 27.0 Å². The maximum absolute atomic E-state index is 12.3. The molecule has 2 heterocycles. The number of aryl methyl sites for hydroxylation is 1. The molecule has 8 nitrogen and oxygen atoms in total. The van der Waals surface area contributed by atoms with Crippen LogP contribution in [0.15, 0.2) is 53.5 Å². The van der Waals surface area contributed by atoms with Crippen molar-refractivity contribution in [2.24, 2.45) is 0 Å². The lowest BCUT2D eigenvalue weighted by Crippen LogP contribution is -2.32. The molecule has 1 N–H and O–H groups in total. The number of alkyl carbamates (subject to hydrolysis) is 1. The predicted molar refractivity (Wildman–Crippen MR) is 115 cm³/mol. The molecule has 162 valence electrons. The van der Waals surface area contributed by atoms with Crippen molar-refractivity contribution in [3.05, 3.63) is 81.4 Å². The number of pyridine rings is 1. The van der Waals surface area contributed by atoms with Gasteiger partial charge in [0, 0.05) is 18.8 Å². The fourth-order valence-corrected chi connectivity index (χ4v) is 2.80. The summed E-state index contributed by atoms with van der Waals surface area (Å²) in [7, 11) is 0. The number of esters is 1. The van der Waals surface area contributed by atoms with Gasteiger partial charge in [0.05, 0.1) is 11.3 Å². The Morgan fingerprint density at radius 1 is 1.10 bits per heavy atom. The summed E-state index contributed by atoms with van der Waals surface area (Å²) in [5.74, 6) is -0.530. The Hall–Kier alpha value is -3.68. The molecule has 0 bridgehead atoms. The Morgan fingerprint density at radius 3 is 2.48 bits per heavy atom. The minimum atomic E-state index is -0.567. The molecule has 0 atom stereocenters. The van der Waals surface area contributed by atoms with E-state index in [0.29, 0.717) is 16.9 Å². The number of carbonyl (C=O) groups excluding carboxylic acids is 2. The number of amides is 1. The molecule has 1 aromatic carbocycles. The van der Waals surface area contributed by atoms with Gasteiger partial charge in [-0.15, -0.1) is 0 Å². The Labute approximate surface area is 179 Å². The van der Waals surface area contributed by atoms with E-state index in [0.717, 1.165) is 11.1 Å². The van der Waals surface area contributed by atoms with Crippen LogP contribution in [0, 0.1) is 6.92 Å². The average Bonchev–Trinajstić information content (AvgIpc) is 2.69. The summed E-state index contributed by atoms with van der Waals surface area (Å²) in [6.07, 6.45) is 1.15. The number of benzene rings is 1. The molecule has 3 aromatic rings. The van der Waals surface area contributed by atoms with E-state index in [-0.39, 0.29) is 18.7 Å². The summed E-state index contributed by atoms with van der Waals surface area (Å²) in [5.41, 5.74) is 2.21. The van der Waals surface area contributed by atoms with Crippen molar-refractivity contribution in [3.63, 3.8) is 0 Å². The van der Waals surface area contributed by atoms with Gasteiger partial charge in [-0.05, 0) is 63.1 Å². The highest BCUT2D eigenvalue weighted by Crippen LogP contribution is 2.10. The molecule has 0 saturated carbocycles. The second kappa shape index (κ2) is 8.99. The molecule has 0 unspecified atom stereocenters. The van der Waals surface area contributed by atoms with Crippen LogP contribution < -0.4 is 10.9 Å². The first-order valence-electron chi connectivity index (χ1n) is 9.82. The van der Waals surface area contributed by atoms with Gasteiger partial charge < -0.3 is 14.8 Å². The number of aromatic nitrogens is 2. The number of rotatable bonds is 5. The van der Waals surface area contributed by atoms with Crippen LogP contribution >= 0.6 is 0 Å². The van der Waals surface area contributed by atoms with Gasteiger partial charge in [-0.1, -0.05) is 12.1 Å². The summed E-state index contributed by atoms with van der Waals surface area (Å²) in [4.78, 5) is 40.6. The molecule has 1 amide bonds. The molecule has 0 radical (unpaired) electrons. The van der Waals surface area contributed by atoms with E-state index in [1.165, 1.54) is 10.5 Å². The van der Waals surface area contributed by atoms with E-state index in [9.17, 15) is 14.4 Å². The van der Waals surface area contributed by atoms with Gasteiger partial charge >= 0.3 is 12.1 Å². The smallest absolute Gasteiger partial charge is 0.407 e. The predicted octanol–water partition coefficient (Wildman–Crippen LogP) is 3.38. The number of carbonyl (C=O) groups is 2. The summed E-state index contributed by atoms with van der Waals surface area (Å²) in [6, 6.07) is 11.6. The lowest BCUT2D eigenvalue weighted by molar-refractivity contribution is 0.0465. The zero-order valence-electron chi connectivity index (χ0n) is 18.0. The first-order valence-corrected chi connectivity index (χ1v) is 9.82. The standard InChI is InChI=1S/C23H25N3O5/c1-15-9-10-26-19(11-15)25-18(12-20(26)27)14-30-21(28)17-7-5-16(6-8-17)13-24-22(29)31-23(2,3)4/h5-12H,13-14H2,1-4H3,(H,24,29). The molecule has 0 fully saturated rings. The zero-order chi connectivity index (χ0) is 22.6. The summed E-state index contributed by atoms with van der Waals surface area (Å²) in [5, 5.41) is 2.66. The van der Waals surface area contributed by atoms with Crippen LogP contribution in [0.4, 0.5) is 4.79 Å². The van der Waals surface area contributed by atoms with Gasteiger partial charge in [-0.3, -0.25) is 9.20 Å². The zero-order valence-corrected chi connectivity index (χ0v) is 18.0. The molecular weight excluding hydrogens is 398 g/mol. The Balaban J connectivity index is 1.58. The fourth-order valence-electron chi connectivity index (χ4n) is 2.80. The number of hydrogen-bond acceptors (Lipinski definition) is 6. The van der Waals surface area contributed by atoms with E-state index in [1.807, 2.05) is 13.0 Å². The van der Waals surface area contributed by atoms with Crippen molar-refractivity contribution >= 4 is 17.7 Å². The highest BCUT2D eigenvalue weighted by atomic mass is 16.6. The minimum absolute atomic E-state index is 0.111. The van der Waals surface area contributed by atoms with Crippen molar-refractivity contribution in [1.29, 1.82) is 0 Å². The molecule has 2 aromatic heterocycles. The van der Waals surface area contributed by atoms with Crippen molar-refractivity contribution in [1.82, 2.24) is 14.7 Å². The summed E-state index contributed by atoms with van der Waals surface area (Å²) >= 11 is 0. The van der Waals surface area contributed by atoms with E-state index >= 15 is 0 Å². The quantitative estimate of drug-likeness (QED) is 0.632. The lowest BCUT2D eigenvalue weighted by Gasteiger charge is -2.19. The van der Waals surface area contributed by atoms with Gasteiger partial charge in [0.25, 0.3) is 5.56 Å². The highest BCUT2D eigenvalue weighted by molar-refractivity contribution is 5.89. The van der Waals surface area contributed by atoms with Crippen LogP contribution in [0.25, 0.3) is 5.65 Å². The Kier molecular flexibility index (Phi) is 6.39. The van der Waals surface area contributed by atoms with Crippen LogP contribution in [0.3, 0.4) is 0 Å². The van der Waals surface area contributed by atoms with Crippen LogP contribution in [0.1, 0.15) is 48.0 Å². The van der Waals surface area contributed by atoms with E-state index < -0.39 is 17.7 Å². The summed E-state index contributed by atoms with van der Waals surface area (Å²) in [6.45, 7) is 7.44. The third kappa shape index (κ3) is 6.15. The maximum Gasteiger partial charge on any atom is 0.407 e. The van der Waals surface area contributed by atoms with Gasteiger partial charge in [-0.2, -0.15) is 0 Å². The van der Waals surface area contributed by atoms with E-state index in [2.05, 4.69) is 10.3 Å². The maximum atomic E-state index is 12.3. The Morgan fingerprint density at radius 2 is 1.81 bits per heavy atom. The highest BCUT2D eigenvalue weighted by Gasteiger charge is 2.16. The van der Waals surface area contributed by atoms with Crippen molar-refractivity contribution in [2.45, 2.75) is 46.4 Å². The summed E-state index contributed by atoms with van der Waals surface area (Å²) < 4.78 is 11.9. The fraction of sp³-hybridized carbons (Fsp3) is 0.304. The molecular formula is C23H25N3O5. The monoisotopic (exact) mass is 423 g/mol. The van der Waals surface area contributed by atoms with Gasteiger partial charge in [0.15, 0.2) is 0 Å². The third-order valence-electron chi connectivity index (χ3n) is 4.25.